The highest BCUT2D eigenvalue weighted by atomic mass is 79.9. The van der Waals surface area contributed by atoms with Gasteiger partial charge in [-0.05, 0) is 28.6 Å². The van der Waals surface area contributed by atoms with Crippen molar-refractivity contribution < 1.29 is 14.3 Å². The monoisotopic (exact) mass is 395 g/mol. The zero-order valence-corrected chi connectivity index (χ0v) is 14.8. The molecule has 25 heavy (non-hydrogen) atoms. The third kappa shape index (κ3) is 2.30. The van der Waals surface area contributed by atoms with E-state index in [9.17, 15) is 4.79 Å². The minimum absolute atomic E-state index is 0.0263. The lowest BCUT2D eigenvalue weighted by Gasteiger charge is -2.28. The van der Waals surface area contributed by atoms with Gasteiger partial charge in [-0.15, -0.1) is 0 Å². The van der Waals surface area contributed by atoms with E-state index in [4.69, 9.17) is 9.47 Å². The van der Waals surface area contributed by atoms with Gasteiger partial charge in [0.15, 0.2) is 11.5 Å². The van der Waals surface area contributed by atoms with Gasteiger partial charge in [0.2, 0.25) is 12.7 Å². The van der Waals surface area contributed by atoms with Gasteiger partial charge in [0.1, 0.15) is 0 Å². The Hall–Kier alpha value is -2.53. The number of fused-ring (bicyclic) bond motifs is 4. The van der Waals surface area contributed by atoms with E-state index in [2.05, 4.69) is 39.4 Å². The minimum atomic E-state index is -0.0303. The standard InChI is InChI=1S/C20H14BrNO3/c21-16-9-18-17(24-10-25-18)7-15(16)14-8-19(23)22-20-12-4-2-1-3-11(12)5-6-13(14)20/h1-7,9,14H,8,10H2,(H,22,23)/t14-/m1/s1. The molecule has 2 aliphatic rings. The third-order valence-corrected chi connectivity index (χ3v) is 5.54. The number of benzene rings is 3. The molecular formula is C20H14BrNO3. The van der Waals surface area contributed by atoms with Gasteiger partial charge in [0, 0.05) is 22.2 Å². The number of nitrogens with one attached hydrogen (secondary N) is 1. The summed E-state index contributed by atoms with van der Waals surface area (Å²) in [7, 11) is 0. The maximum Gasteiger partial charge on any atom is 0.231 e. The van der Waals surface area contributed by atoms with E-state index in [1.165, 1.54) is 0 Å². The molecule has 1 atom stereocenters. The highest BCUT2D eigenvalue weighted by molar-refractivity contribution is 9.10. The van der Waals surface area contributed by atoms with E-state index in [0.717, 1.165) is 43.6 Å². The Morgan fingerprint density at radius 3 is 2.68 bits per heavy atom. The number of anilines is 1. The molecule has 1 N–H and O–H groups in total. The van der Waals surface area contributed by atoms with Crippen LogP contribution in [0.15, 0.2) is 53.0 Å². The van der Waals surface area contributed by atoms with E-state index in [1.807, 2.05) is 30.3 Å². The molecule has 124 valence electrons. The molecule has 0 aromatic heterocycles. The fraction of sp³-hybridized carbons (Fsp3) is 0.150. The molecule has 2 heterocycles. The molecular weight excluding hydrogens is 382 g/mol. The van der Waals surface area contributed by atoms with Crippen LogP contribution in [-0.2, 0) is 4.79 Å². The Bertz CT molecular complexity index is 1030. The second-order valence-electron chi connectivity index (χ2n) is 6.28. The molecule has 0 fully saturated rings. The van der Waals surface area contributed by atoms with Crippen LogP contribution in [-0.4, -0.2) is 12.7 Å². The summed E-state index contributed by atoms with van der Waals surface area (Å²) in [5.74, 6) is 1.46. The normalized spacial score (nSPS) is 18.1. The number of rotatable bonds is 1. The Labute approximate surface area is 152 Å². The Kier molecular flexibility index (Phi) is 3.25. The van der Waals surface area contributed by atoms with Crippen molar-refractivity contribution in [3.63, 3.8) is 0 Å². The first-order valence-corrected chi connectivity index (χ1v) is 8.90. The summed E-state index contributed by atoms with van der Waals surface area (Å²) in [6.07, 6.45) is 0.406. The SMILES string of the molecule is O=C1C[C@@H](c2cc3c(cc2Br)OCO3)c2ccc3ccccc3c2N1. The summed E-state index contributed by atoms with van der Waals surface area (Å²) < 4.78 is 11.9. The Balaban J connectivity index is 1.72. The van der Waals surface area contributed by atoms with Gasteiger partial charge < -0.3 is 14.8 Å². The average molecular weight is 396 g/mol. The fourth-order valence-corrected chi connectivity index (χ4v) is 4.28. The molecule has 0 aliphatic carbocycles. The fourth-order valence-electron chi connectivity index (χ4n) is 3.68. The predicted octanol–water partition coefficient (Wildman–Crippen LogP) is 4.81. The number of hydrogen-bond donors (Lipinski definition) is 1. The number of hydrogen-bond acceptors (Lipinski definition) is 3. The van der Waals surface area contributed by atoms with Crippen molar-refractivity contribution in [3.8, 4) is 11.5 Å². The van der Waals surface area contributed by atoms with Gasteiger partial charge in [-0.1, -0.05) is 52.3 Å². The summed E-state index contributed by atoms with van der Waals surface area (Å²) in [5.41, 5.74) is 3.07. The summed E-state index contributed by atoms with van der Waals surface area (Å²) in [4.78, 5) is 12.4. The first-order chi connectivity index (χ1) is 12.2. The lowest BCUT2D eigenvalue weighted by Crippen LogP contribution is -2.24. The Morgan fingerprint density at radius 2 is 1.80 bits per heavy atom. The zero-order valence-electron chi connectivity index (χ0n) is 13.2. The Morgan fingerprint density at radius 1 is 1.00 bits per heavy atom. The molecule has 2 aliphatic heterocycles. The number of ether oxygens (including phenoxy) is 2. The molecule has 0 radical (unpaired) electrons. The van der Waals surface area contributed by atoms with Crippen LogP contribution in [0.4, 0.5) is 5.69 Å². The maximum atomic E-state index is 12.4. The highest BCUT2D eigenvalue weighted by Gasteiger charge is 2.30. The molecule has 3 aromatic rings. The van der Waals surface area contributed by atoms with Crippen molar-refractivity contribution in [1.29, 1.82) is 0 Å². The smallest absolute Gasteiger partial charge is 0.231 e. The molecule has 3 aromatic carbocycles. The van der Waals surface area contributed by atoms with E-state index in [-0.39, 0.29) is 18.6 Å². The van der Waals surface area contributed by atoms with Gasteiger partial charge >= 0.3 is 0 Å². The van der Waals surface area contributed by atoms with Gasteiger partial charge in [0.25, 0.3) is 0 Å². The molecule has 1 amide bonds. The van der Waals surface area contributed by atoms with Gasteiger partial charge in [-0.25, -0.2) is 0 Å². The maximum absolute atomic E-state index is 12.4. The summed E-state index contributed by atoms with van der Waals surface area (Å²) >= 11 is 3.64. The number of carbonyl (C=O) groups is 1. The van der Waals surface area contributed by atoms with E-state index in [0.29, 0.717) is 6.42 Å². The molecule has 0 bridgehead atoms. The first kappa shape index (κ1) is 14.8. The lowest BCUT2D eigenvalue weighted by atomic mass is 9.83. The highest BCUT2D eigenvalue weighted by Crippen LogP contribution is 2.46. The van der Waals surface area contributed by atoms with Crippen molar-refractivity contribution in [2.75, 3.05) is 12.1 Å². The topological polar surface area (TPSA) is 47.6 Å². The zero-order chi connectivity index (χ0) is 17.0. The predicted molar refractivity (Wildman–Crippen MR) is 99.3 cm³/mol. The third-order valence-electron chi connectivity index (χ3n) is 4.86. The molecule has 0 saturated heterocycles. The van der Waals surface area contributed by atoms with Crippen molar-refractivity contribution in [3.05, 3.63) is 64.1 Å². The number of halogens is 1. The van der Waals surface area contributed by atoms with E-state index < -0.39 is 0 Å². The molecule has 0 unspecified atom stereocenters. The minimum Gasteiger partial charge on any atom is -0.454 e. The van der Waals surface area contributed by atoms with Crippen LogP contribution in [0.5, 0.6) is 11.5 Å². The van der Waals surface area contributed by atoms with Gasteiger partial charge in [0.05, 0.1) is 5.69 Å². The van der Waals surface area contributed by atoms with Gasteiger partial charge in [-0.2, -0.15) is 0 Å². The number of carbonyl (C=O) groups excluding carboxylic acids is 1. The van der Waals surface area contributed by atoms with Crippen LogP contribution in [0, 0.1) is 0 Å². The van der Waals surface area contributed by atoms with Crippen LogP contribution in [0.2, 0.25) is 0 Å². The summed E-state index contributed by atoms with van der Waals surface area (Å²) in [5, 5.41) is 5.25. The van der Waals surface area contributed by atoms with Crippen molar-refractivity contribution in [2.24, 2.45) is 0 Å². The summed E-state index contributed by atoms with van der Waals surface area (Å²) in [6.45, 7) is 0.234. The van der Waals surface area contributed by atoms with Crippen molar-refractivity contribution in [2.45, 2.75) is 12.3 Å². The van der Waals surface area contributed by atoms with Crippen molar-refractivity contribution in [1.82, 2.24) is 0 Å². The van der Waals surface area contributed by atoms with Crippen LogP contribution >= 0.6 is 15.9 Å². The van der Waals surface area contributed by atoms with Crippen LogP contribution in [0.25, 0.3) is 10.8 Å². The molecule has 5 rings (SSSR count). The van der Waals surface area contributed by atoms with Crippen LogP contribution in [0.1, 0.15) is 23.5 Å². The van der Waals surface area contributed by atoms with Crippen LogP contribution in [0.3, 0.4) is 0 Å². The largest absolute Gasteiger partial charge is 0.454 e. The second-order valence-corrected chi connectivity index (χ2v) is 7.14. The van der Waals surface area contributed by atoms with E-state index in [1.54, 1.807) is 0 Å². The average Bonchev–Trinajstić information content (AvgIpc) is 3.07. The summed E-state index contributed by atoms with van der Waals surface area (Å²) in [6, 6.07) is 16.2. The van der Waals surface area contributed by atoms with Crippen molar-refractivity contribution >= 4 is 38.3 Å². The second kappa shape index (κ2) is 5.49. The molecule has 0 saturated carbocycles. The molecule has 5 heteroatoms. The molecule has 0 spiro atoms. The lowest BCUT2D eigenvalue weighted by molar-refractivity contribution is -0.116. The first-order valence-electron chi connectivity index (χ1n) is 8.11. The molecule has 4 nitrogen and oxygen atoms in total. The number of amides is 1. The van der Waals surface area contributed by atoms with Crippen LogP contribution < -0.4 is 14.8 Å². The van der Waals surface area contributed by atoms with E-state index >= 15 is 0 Å². The van der Waals surface area contributed by atoms with Gasteiger partial charge in [-0.3, -0.25) is 4.79 Å². The quantitative estimate of drug-likeness (QED) is 0.643.